The van der Waals surface area contributed by atoms with Crippen LogP contribution >= 0.6 is 0 Å². The van der Waals surface area contributed by atoms with Gasteiger partial charge >= 0.3 is 0 Å². The lowest BCUT2D eigenvalue weighted by atomic mass is 9.39. The minimum atomic E-state index is -2.06. The third-order valence-electron chi connectivity index (χ3n) is 11.4. The van der Waals surface area contributed by atoms with Crippen LogP contribution in [0.15, 0.2) is 23.5 Å². The first-order valence-electron chi connectivity index (χ1n) is 13.6. The topological polar surface area (TPSA) is 152 Å². The molecule has 2 saturated carbocycles. The van der Waals surface area contributed by atoms with E-state index in [1.54, 1.807) is 13.8 Å². The van der Waals surface area contributed by atoms with Crippen LogP contribution in [-0.4, -0.2) is 66.3 Å². The summed E-state index contributed by atoms with van der Waals surface area (Å²) >= 11 is 0. The summed E-state index contributed by atoms with van der Waals surface area (Å²) in [6, 6.07) is 0. The number of hydrogen-bond acceptors (Lipinski definition) is 8. The maximum atomic E-state index is 14.2. The van der Waals surface area contributed by atoms with Gasteiger partial charge in [0.05, 0.1) is 23.2 Å². The van der Waals surface area contributed by atoms with E-state index in [-0.39, 0.29) is 36.1 Å². The van der Waals surface area contributed by atoms with Crippen molar-refractivity contribution in [3.05, 3.63) is 23.5 Å². The molecule has 5 N–H and O–H groups in total. The van der Waals surface area contributed by atoms with Crippen LogP contribution in [0.2, 0.25) is 0 Å². The van der Waals surface area contributed by atoms with Gasteiger partial charge < -0.3 is 25.5 Å². The predicted octanol–water partition coefficient (Wildman–Crippen LogP) is 2.81. The molecule has 0 aromatic heterocycles. The van der Waals surface area contributed by atoms with Crippen molar-refractivity contribution < 1.29 is 39.9 Å². The first-order valence-corrected chi connectivity index (χ1v) is 13.6. The highest BCUT2D eigenvalue weighted by Crippen LogP contribution is 2.73. The van der Waals surface area contributed by atoms with E-state index in [4.69, 9.17) is 0 Å². The molecule has 212 valence electrons. The largest absolute Gasteiger partial charge is 0.505 e. The summed E-state index contributed by atoms with van der Waals surface area (Å²) in [5.74, 6) is -3.25. The van der Waals surface area contributed by atoms with Crippen LogP contribution in [0.25, 0.3) is 0 Å². The number of allylic oxidation sites excluding steroid dienone is 4. The quantitative estimate of drug-likeness (QED) is 0.339. The zero-order chi connectivity index (χ0) is 29.0. The van der Waals surface area contributed by atoms with Crippen molar-refractivity contribution >= 4 is 17.3 Å². The van der Waals surface area contributed by atoms with E-state index in [2.05, 4.69) is 0 Å². The molecule has 4 aliphatic rings. The Hall–Kier alpha value is -1.87. The van der Waals surface area contributed by atoms with Crippen LogP contribution in [0.1, 0.15) is 81.1 Å². The minimum Gasteiger partial charge on any atom is -0.505 e. The average Bonchev–Trinajstić information content (AvgIpc) is 2.97. The molecular weight excluding hydrogens is 488 g/mol. The molecule has 0 radical (unpaired) electrons. The smallest absolute Gasteiger partial charge is 0.206 e. The minimum absolute atomic E-state index is 0.00244. The zero-order valence-electron chi connectivity index (χ0n) is 23.8. The monoisotopic (exact) mass is 532 g/mol. The fraction of sp³-hybridized carbons (Fsp3) is 0.767. The van der Waals surface area contributed by atoms with Gasteiger partial charge in [-0.2, -0.15) is 0 Å². The second-order valence-corrected chi connectivity index (χ2v) is 14.3. The van der Waals surface area contributed by atoms with Crippen LogP contribution in [0.3, 0.4) is 0 Å². The molecule has 0 saturated heterocycles. The molecule has 0 heterocycles. The Balaban J connectivity index is 1.79. The van der Waals surface area contributed by atoms with Gasteiger partial charge in [-0.25, -0.2) is 0 Å². The summed E-state index contributed by atoms with van der Waals surface area (Å²) in [7, 11) is 0. The first-order chi connectivity index (χ1) is 17.1. The van der Waals surface area contributed by atoms with Crippen molar-refractivity contribution in [1.82, 2.24) is 0 Å². The molecule has 4 unspecified atom stereocenters. The van der Waals surface area contributed by atoms with Gasteiger partial charge in [-0.3, -0.25) is 14.4 Å². The van der Waals surface area contributed by atoms with Crippen molar-refractivity contribution in [2.45, 2.75) is 104 Å². The Morgan fingerprint density at radius 2 is 1.66 bits per heavy atom. The summed E-state index contributed by atoms with van der Waals surface area (Å²) in [6.45, 7) is 13.4. The number of carbonyl (C=O) groups is 3. The number of aliphatic hydroxyl groups is 5. The second kappa shape index (κ2) is 8.32. The van der Waals surface area contributed by atoms with Crippen molar-refractivity contribution in [1.29, 1.82) is 0 Å². The summed E-state index contributed by atoms with van der Waals surface area (Å²) in [5, 5.41) is 54.1. The Kier molecular flexibility index (Phi) is 6.38. The first kappa shape index (κ1) is 29.1. The predicted molar refractivity (Wildman–Crippen MR) is 140 cm³/mol. The molecule has 0 bridgehead atoms. The van der Waals surface area contributed by atoms with Crippen LogP contribution in [-0.2, 0) is 14.4 Å². The molecule has 8 nitrogen and oxygen atoms in total. The lowest BCUT2D eigenvalue weighted by Gasteiger charge is -2.63. The van der Waals surface area contributed by atoms with Gasteiger partial charge in [0.1, 0.15) is 11.4 Å². The van der Waals surface area contributed by atoms with Gasteiger partial charge in [0.15, 0.2) is 11.5 Å². The number of ketones is 3. The Bertz CT molecular complexity index is 1140. The van der Waals surface area contributed by atoms with E-state index in [0.29, 0.717) is 6.42 Å². The lowest BCUT2D eigenvalue weighted by molar-refractivity contribution is -0.182. The maximum Gasteiger partial charge on any atom is 0.206 e. The molecule has 0 amide bonds. The van der Waals surface area contributed by atoms with Crippen LogP contribution in [0, 0.1) is 39.4 Å². The molecule has 38 heavy (non-hydrogen) atoms. The van der Waals surface area contributed by atoms with Gasteiger partial charge in [-0.1, -0.05) is 32.4 Å². The standard InChI is InChI=1S/C30H44O8/c1-25(2)15-9-10-19-27(5)13-18(32)23(30(8,38)21(34)12-20(33)26(3,4)37)28(27,6)14-22(35)29(19,7)16(15)11-17(31)24(25)36/h9,11,16,18-20,23,31-33,37-38H,10,12-14H2,1-8H3/t16-,18?,19-,20?,23?,27-,28+,29+,30?/m0/s1. The fourth-order valence-corrected chi connectivity index (χ4v) is 8.78. The summed E-state index contributed by atoms with van der Waals surface area (Å²) in [4.78, 5) is 40.3. The van der Waals surface area contributed by atoms with Crippen LogP contribution < -0.4 is 0 Å². The van der Waals surface area contributed by atoms with Gasteiger partial charge in [-0.15, -0.1) is 0 Å². The fourth-order valence-electron chi connectivity index (χ4n) is 8.78. The molecule has 0 spiro atoms. The van der Waals surface area contributed by atoms with Crippen molar-refractivity contribution in [3.63, 3.8) is 0 Å². The molecular formula is C30H44O8. The molecule has 0 aromatic rings. The van der Waals surface area contributed by atoms with Crippen molar-refractivity contribution in [3.8, 4) is 0 Å². The van der Waals surface area contributed by atoms with Crippen LogP contribution in [0.5, 0.6) is 0 Å². The highest BCUT2D eigenvalue weighted by atomic mass is 16.3. The third-order valence-corrected chi connectivity index (χ3v) is 11.4. The van der Waals surface area contributed by atoms with Gasteiger partial charge in [-0.05, 0) is 70.3 Å². The maximum absolute atomic E-state index is 14.2. The second-order valence-electron chi connectivity index (χ2n) is 14.3. The van der Waals surface area contributed by atoms with E-state index in [9.17, 15) is 39.9 Å². The molecule has 8 heteroatoms. The Labute approximate surface area is 224 Å². The van der Waals surface area contributed by atoms with E-state index < -0.39 is 69.1 Å². The van der Waals surface area contributed by atoms with E-state index >= 15 is 0 Å². The van der Waals surface area contributed by atoms with Crippen molar-refractivity contribution in [2.24, 2.45) is 39.4 Å². The number of hydrogen-bond donors (Lipinski definition) is 5. The number of rotatable bonds is 5. The number of aliphatic hydroxyl groups excluding tert-OH is 3. The summed E-state index contributed by atoms with van der Waals surface area (Å²) in [6.07, 6.45) is 1.27. The van der Waals surface area contributed by atoms with E-state index in [0.717, 1.165) is 5.57 Å². The summed E-state index contributed by atoms with van der Waals surface area (Å²) < 4.78 is 0. The highest BCUT2D eigenvalue weighted by molar-refractivity contribution is 6.02. The Morgan fingerprint density at radius 3 is 2.21 bits per heavy atom. The van der Waals surface area contributed by atoms with Gasteiger partial charge in [0, 0.05) is 30.1 Å². The molecule has 9 atom stereocenters. The van der Waals surface area contributed by atoms with E-state index in [1.807, 2.05) is 26.8 Å². The van der Waals surface area contributed by atoms with Crippen LogP contribution in [0.4, 0.5) is 0 Å². The molecule has 0 aromatic carbocycles. The number of carbonyl (C=O) groups excluding carboxylic acids is 3. The molecule has 4 rings (SSSR count). The zero-order valence-corrected chi connectivity index (χ0v) is 23.8. The molecule has 0 aliphatic heterocycles. The normalized spacial score (nSPS) is 42.7. The average molecular weight is 533 g/mol. The lowest BCUT2D eigenvalue weighted by Crippen LogP contribution is -2.64. The van der Waals surface area contributed by atoms with E-state index in [1.165, 1.54) is 26.8 Å². The summed E-state index contributed by atoms with van der Waals surface area (Å²) in [5.41, 5.74) is -6.32. The molecule has 2 fully saturated rings. The molecule has 4 aliphatic carbocycles. The van der Waals surface area contributed by atoms with Gasteiger partial charge in [0.2, 0.25) is 5.78 Å². The van der Waals surface area contributed by atoms with Crippen molar-refractivity contribution in [2.75, 3.05) is 0 Å². The Morgan fingerprint density at radius 1 is 1.08 bits per heavy atom. The third kappa shape index (κ3) is 3.59. The van der Waals surface area contributed by atoms with Gasteiger partial charge in [0.25, 0.3) is 0 Å². The number of fused-ring (bicyclic) bond motifs is 5. The highest BCUT2D eigenvalue weighted by Gasteiger charge is 2.74. The number of Topliss-reactive ketones (excluding diaryl/α,β-unsaturated/α-hetero) is 3. The SMILES string of the molecule is CC1(C)C(=O)C(O)=C[C@H]2C1=CC[C@@H]1[C@]2(C)C(=O)C[C@]2(C)C(C(C)(O)C(=O)CC(O)C(C)(C)O)C(O)C[C@@]12C.